The van der Waals surface area contributed by atoms with E-state index >= 15 is 0 Å². The maximum atomic E-state index is 13.0. The van der Waals surface area contributed by atoms with Crippen molar-refractivity contribution >= 4 is 0 Å². The molecule has 1 saturated heterocycles. The lowest BCUT2D eigenvalue weighted by Crippen LogP contribution is -2.57. The van der Waals surface area contributed by atoms with E-state index < -0.39 is 35.8 Å². The van der Waals surface area contributed by atoms with Crippen LogP contribution in [-0.4, -0.2) is 46.8 Å². The minimum absolute atomic E-state index is 0.114. The van der Waals surface area contributed by atoms with Crippen LogP contribution in [0, 0.1) is 0 Å². The van der Waals surface area contributed by atoms with Gasteiger partial charge in [0.25, 0.3) is 0 Å². The maximum Gasteiger partial charge on any atom is 0.416 e. The van der Waals surface area contributed by atoms with E-state index in [1.54, 1.807) is 0 Å². The van der Waals surface area contributed by atoms with Crippen LogP contribution in [-0.2, 0) is 27.9 Å². The van der Waals surface area contributed by atoms with E-state index in [2.05, 4.69) is 0 Å². The molecule has 5 nitrogen and oxygen atoms in total. The summed E-state index contributed by atoms with van der Waals surface area (Å²) in [6.07, 6.45) is -6.50. The van der Waals surface area contributed by atoms with Crippen molar-refractivity contribution in [2.75, 3.05) is 13.2 Å². The van der Waals surface area contributed by atoms with Gasteiger partial charge < -0.3 is 24.8 Å². The highest BCUT2D eigenvalue weighted by Crippen LogP contribution is 2.44. The van der Waals surface area contributed by atoms with Crippen LogP contribution in [0.1, 0.15) is 36.0 Å². The summed E-state index contributed by atoms with van der Waals surface area (Å²) in [6.45, 7) is -0.00487. The molecule has 3 N–H and O–H groups in total. The summed E-state index contributed by atoms with van der Waals surface area (Å²) in [6, 6.07) is 3.22. The second kappa shape index (κ2) is 6.85. The fraction of sp³-hybridized carbons (Fsp3) is 0.647. The largest absolute Gasteiger partial charge is 0.416 e. The lowest BCUT2D eigenvalue weighted by Gasteiger charge is -2.46. The van der Waals surface area contributed by atoms with Crippen LogP contribution in [0.2, 0.25) is 0 Å². The third kappa shape index (κ3) is 3.41. The number of halogens is 3. The first-order chi connectivity index (χ1) is 11.8. The zero-order chi connectivity index (χ0) is 18.2. The molecule has 0 bridgehead atoms. The van der Waals surface area contributed by atoms with E-state index in [0.717, 1.165) is 12.1 Å². The summed E-state index contributed by atoms with van der Waals surface area (Å²) in [5.74, 6) is -1.73. The predicted octanol–water partition coefficient (Wildman–Crippen LogP) is 1.71. The van der Waals surface area contributed by atoms with E-state index in [1.807, 2.05) is 0 Å². The zero-order valence-electron chi connectivity index (χ0n) is 13.5. The predicted molar refractivity (Wildman–Crippen MR) is 80.6 cm³/mol. The summed E-state index contributed by atoms with van der Waals surface area (Å²) in [4.78, 5) is 0. The Morgan fingerprint density at radius 2 is 2.00 bits per heavy atom. The SMILES string of the molecule is OCC[C@@H]1C[C@H](O)[C@@H](O)[C@@]2(OCCCc3cc(C(F)(F)F)ccc32)O1. The van der Waals surface area contributed by atoms with Crippen LogP contribution in [0.25, 0.3) is 0 Å². The highest BCUT2D eigenvalue weighted by Gasteiger charge is 2.53. The first kappa shape index (κ1) is 18.6. The van der Waals surface area contributed by atoms with Crippen molar-refractivity contribution in [3.8, 4) is 0 Å². The van der Waals surface area contributed by atoms with Gasteiger partial charge in [0.2, 0.25) is 5.79 Å². The third-order valence-electron chi connectivity index (χ3n) is 4.77. The summed E-state index contributed by atoms with van der Waals surface area (Å²) in [7, 11) is 0. The number of fused-ring (bicyclic) bond motifs is 2. The molecule has 0 aliphatic carbocycles. The van der Waals surface area contributed by atoms with Crippen molar-refractivity contribution < 1.29 is 38.0 Å². The van der Waals surface area contributed by atoms with Crippen LogP contribution in [0.4, 0.5) is 13.2 Å². The molecule has 2 aliphatic rings. The second-order valence-electron chi connectivity index (χ2n) is 6.49. The van der Waals surface area contributed by atoms with Crippen molar-refractivity contribution in [1.82, 2.24) is 0 Å². The van der Waals surface area contributed by atoms with E-state index in [4.69, 9.17) is 14.6 Å². The van der Waals surface area contributed by atoms with E-state index in [1.165, 1.54) is 6.07 Å². The Hall–Kier alpha value is -1.19. The molecular weight excluding hydrogens is 341 g/mol. The first-order valence-corrected chi connectivity index (χ1v) is 8.27. The van der Waals surface area contributed by atoms with E-state index in [-0.39, 0.29) is 26.1 Å². The zero-order valence-corrected chi connectivity index (χ0v) is 13.5. The topological polar surface area (TPSA) is 79.2 Å². The molecule has 1 aromatic rings. The Balaban J connectivity index is 2.07. The lowest BCUT2D eigenvalue weighted by molar-refractivity contribution is -0.350. The Bertz CT molecular complexity index is 621. The van der Waals surface area contributed by atoms with Crippen molar-refractivity contribution in [1.29, 1.82) is 0 Å². The van der Waals surface area contributed by atoms with Gasteiger partial charge in [0.1, 0.15) is 6.10 Å². The van der Waals surface area contributed by atoms with Crippen molar-refractivity contribution in [2.45, 2.75) is 56.0 Å². The molecule has 0 radical (unpaired) electrons. The van der Waals surface area contributed by atoms with E-state index in [9.17, 15) is 23.4 Å². The van der Waals surface area contributed by atoms with Crippen molar-refractivity contribution in [2.24, 2.45) is 0 Å². The van der Waals surface area contributed by atoms with Gasteiger partial charge in [-0.25, -0.2) is 0 Å². The molecule has 1 aromatic carbocycles. The number of hydrogen-bond donors (Lipinski definition) is 3. The highest BCUT2D eigenvalue weighted by atomic mass is 19.4. The molecule has 0 saturated carbocycles. The molecular formula is C17H21F3O5. The minimum atomic E-state index is -4.47. The standard InChI is InChI=1S/C17H21F3O5/c18-17(19,20)11-3-4-13-10(8-11)2-1-7-24-16(13)15(23)14(22)9-12(25-16)5-6-21/h3-4,8,12,14-15,21-23H,1-2,5-7,9H2/t12-,14+,15-,16+/m1/s1. The van der Waals surface area contributed by atoms with Crippen molar-refractivity contribution in [3.63, 3.8) is 0 Å². The van der Waals surface area contributed by atoms with Gasteiger partial charge in [-0.1, -0.05) is 6.07 Å². The number of benzene rings is 1. The molecule has 8 heteroatoms. The number of hydrogen-bond acceptors (Lipinski definition) is 5. The summed E-state index contributed by atoms with van der Waals surface area (Å²) < 4.78 is 50.7. The highest BCUT2D eigenvalue weighted by molar-refractivity contribution is 5.38. The molecule has 0 aromatic heterocycles. The van der Waals surface area contributed by atoms with E-state index in [0.29, 0.717) is 24.0 Å². The molecule has 4 atom stereocenters. The molecule has 1 spiro atoms. The number of rotatable bonds is 2. The fourth-order valence-electron chi connectivity index (χ4n) is 3.56. The molecule has 0 amide bonds. The molecule has 2 aliphatic heterocycles. The summed E-state index contributed by atoms with van der Waals surface area (Å²) in [5, 5.41) is 29.9. The second-order valence-corrected chi connectivity index (χ2v) is 6.49. The van der Waals surface area contributed by atoms with Crippen LogP contribution in [0.15, 0.2) is 18.2 Å². The number of ether oxygens (including phenoxy) is 2. The van der Waals surface area contributed by atoms with Gasteiger partial charge >= 0.3 is 6.18 Å². The summed E-state index contributed by atoms with van der Waals surface area (Å²) >= 11 is 0. The molecule has 25 heavy (non-hydrogen) atoms. The smallest absolute Gasteiger partial charge is 0.396 e. The number of aryl methyl sites for hydroxylation is 1. The molecule has 140 valence electrons. The average molecular weight is 362 g/mol. The average Bonchev–Trinajstić information content (AvgIpc) is 2.72. The first-order valence-electron chi connectivity index (χ1n) is 8.27. The van der Waals surface area contributed by atoms with Crippen LogP contribution >= 0.6 is 0 Å². The van der Waals surface area contributed by atoms with Gasteiger partial charge in [0.05, 0.1) is 24.4 Å². The molecule has 2 heterocycles. The van der Waals surface area contributed by atoms with Gasteiger partial charge in [-0.15, -0.1) is 0 Å². The lowest BCUT2D eigenvalue weighted by atomic mass is 9.85. The number of aliphatic hydroxyl groups excluding tert-OH is 3. The Labute approximate surface area is 143 Å². The normalized spacial score (nSPS) is 33.1. The monoisotopic (exact) mass is 362 g/mol. The van der Waals surface area contributed by atoms with Gasteiger partial charge in [-0.3, -0.25) is 0 Å². The van der Waals surface area contributed by atoms with Gasteiger partial charge in [-0.2, -0.15) is 13.2 Å². The molecule has 0 unspecified atom stereocenters. The summed E-state index contributed by atoms with van der Waals surface area (Å²) in [5.41, 5.74) is -0.100. The Morgan fingerprint density at radius 1 is 1.24 bits per heavy atom. The van der Waals surface area contributed by atoms with Gasteiger partial charge in [0, 0.05) is 18.6 Å². The number of alkyl halides is 3. The Kier molecular flexibility index (Phi) is 5.09. The van der Waals surface area contributed by atoms with Crippen molar-refractivity contribution in [3.05, 3.63) is 34.9 Å². The molecule has 1 fully saturated rings. The fourth-order valence-corrected chi connectivity index (χ4v) is 3.56. The minimum Gasteiger partial charge on any atom is -0.396 e. The molecule has 3 rings (SSSR count). The van der Waals surface area contributed by atoms with Crippen LogP contribution < -0.4 is 0 Å². The quantitative estimate of drug-likeness (QED) is 0.747. The Morgan fingerprint density at radius 3 is 2.68 bits per heavy atom. The maximum absolute atomic E-state index is 13.0. The van der Waals surface area contributed by atoms with Crippen LogP contribution in [0.5, 0.6) is 0 Å². The van der Waals surface area contributed by atoms with Gasteiger partial charge in [0.15, 0.2) is 0 Å². The van der Waals surface area contributed by atoms with Crippen LogP contribution in [0.3, 0.4) is 0 Å². The number of aliphatic hydroxyl groups is 3. The third-order valence-corrected chi connectivity index (χ3v) is 4.77. The van der Waals surface area contributed by atoms with Gasteiger partial charge in [-0.05, 0) is 37.0 Å².